The number of hydrogen-bond acceptors (Lipinski definition) is 4. The molecule has 2 aliphatic heterocycles. The highest BCUT2D eigenvalue weighted by Gasteiger charge is 2.28. The van der Waals surface area contributed by atoms with Gasteiger partial charge in [0, 0.05) is 44.9 Å². The number of aromatic nitrogens is 4. The van der Waals surface area contributed by atoms with Gasteiger partial charge < -0.3 is 19.8 Å². The number of rotatable bonds is 8. The molecule has 0 saturated heterocycles. The molecule has 0 fully saturated rings. The summed E-state index contributed by atoms with van der Waals surface area (Å²) in [5.74, 6) is 0. The molecule has 0 spiro atoms. The Morgan fingerprint density at radius 3 is 0.793 bits per heavy atom. The zero-order valence-corrected chi connectivity index (χ0v) is 51.1. The number of nitrogens with one attached hydrogen (secondary N) is 2. The number of hydrogen-bond donors (Lipinski definition) is 2. The SMILES string of the molecule is Cc1ccc(N(c2ccc(C)cc2)c2c3nc(c(-c4cc(C(C)(C)C)cc(C(C)(C)C)c4)c4ccc([nH]4)c(N(c4ccc(C)cc4)c4ccc(C)cc4)c4nc(c(-c5cc(C(C)(C)C)cc(C(C)(C)C)c5)c5ccc2[nH]5)C=C4)C=C3)cc1. The Morgan fingerprint density at radius 2 is 0.537 bits per heavy atom. The van der Waals surface area contributed by atoms with Crippen LogP contribution in [0.1, 0.15) is 150 Å². The molecule has 3 aromatic heterocycles. The van der Waals surface area contributed by atoms with Crippen LogP contribution in [0.2, 0.25) is 0 Å². The Morgan fingerprint density at radius 1 is 0.293 bits per heavy atom. The van der Waals surface area contributed by atoms with Crippen LogP contribution in [0, 0.1) is 27.7 Å². The molecular weight excluding hydrogens is 997 g/mol. The Bertz CT molecular complexity index is 3710. The van der Waals surface area contributed by atoms with Gasteiger partial charge >= 0.3 is 0 Å². The lowest BCUT2D eigenvalue weighted by Crippen LogP contribution is -2.16. The van der Waals surface area contributed by atoms with Crippen LogP contribution >= 0.6 is 0 Å². The van der Waals surface area contributed by atoms with E-state index in [9.17, 15) is 0 Å². The van der Waals surface area contributed by atoms with E-state index in [1.54, 1.807) is 0 Å². The molecule has 414 valence electrons. The van der Waals surface area contributed by atoms with Gasteiger partial charge in [0.25, 0.3) is 0 Å². The van der Waals surface area contributed by atoms with Gasteiger partial charge in [0.2, 0.25) is 0 Å². The van der Waals surface area contributed by atoms with Gasteiger partial charge in [0.15, 0.2) is 0 Å². The fourth-order valence-corrected chi connectivity index (χ4v) is 11.1. The molecule has 2 N–H and O–H groups in total. The van der Waals surface area contributed by atoms with E-state index in [2.05, 4.69) is 313 Å². The van der Waals surface area contributed by atoms with Crippen LogP contribution in [0.3, 0.4) is 0 Å². The highest BCUT2D eigenvalue weighted by molar-refractivity contribution is 6.02. The number of H-pyrrole nitrogens is 2. The average Bonchev–Trinajstić information content (AvgIpc) is 4.38. The van der Waals surface area contributed by atoms with Crippen molar-refractivity contribution in [1.29, 1.82) is 0 Å². The normalized spacial score (nSPS) is 12.8. The maximum Gasteiger partial charge on any atom is 0.0957 e. The Hall–Kier alpha value is -8.48. The van der Waals surface area contributed by atoms with E-state index >= 15 is 0 Å². The molecule has 2 aliphatic rings. The number of aromatic amines is 2. The van der Waals surface area contributed by atoms with Gasteiger partial charge in [-0.25, -0.2) is 9.97 Å². The maximum atomic E-state index is 5.88. The van der Waals surface area contributed by atoms with Crippen molar-refractivity contribution >= 4 is 80.5 Å². The molecule has 0 radical (unpaired) electrons. The summed E-state index contributed by atoms with van der Waals surface area (Å²) in [6.07, 6.45) is 8.87. The lowest BCUT2D eigenvalue weighted by molar-refractivity contribution is 0.568. The Balaban J connectivity index is 1.37. The van der Waals surface area contributed by atoms with Gasteiger partial charge in [-0.3, -0.25) is 0 Å². The molecule has 0 unspecified atom stereocenters. The molecule has 11 rings (SSSR count). The minimum Gasteiger partial charge on any atom is -0.353 e. The van der Waals surface area contributed by atoms with E-state index < -0.39 is 0 Å². The third kappa shape index (κ3) is 11.0. The zero-order valence-electron chi connectivity index (χ0n) is 51.1. The summed E-state index contributed by atoms with van der Waals surface area (Å²) in [6, 6.07) is 58.7. The van der Waals surface area contributed by atoms with E-state index in [0.717, 1.165) is 101 Å². The molecule has 6 heteroatoms. The molecule has 0 aliphatic carbocycles. The second kappa shape index (κ2) is 20.8. The topological polar surface area (TPSA) is 63.8 Å². The van der Waals surface area contributed by atoms with Crippen LogP contribution in [0.25, 0.3) is 68.6 Å². The van der Waals surface area contributed by atoms with E-state index in [-0.39, 0.29) is 21.7 Å². The van der Waals surface area contributed by atoms with Gasteiger partial charge in [-0.05, 0) is 180 Å². The molecule has 0 amide bonds. The Labute approximate surface area is 487 Å². The zero-order chi connectivity index (χ0) is 58.2. The van der Waals surface area contributed by atoms with Gasteiger partial charge in [-0.1, -0.05) is 190 Å². The van der Waals surface area contributed by atoms with E-state index in [1.165, 1.54) is 44.5 Å². The van der Waals surface area contributed by atoms with Crippen molar-refractivity contribution in [1.82, 2.24) is 19.9 Å². The summed E-state index contributed by atoms with van der Waals surface area (Å²) in [4.78, 5) is 24.7. The van der Waals surface area contributed by atoms with Crippen molar-refractivity contribution in [2.24, 2.45) is 0 Å². The predicted molar refractivity (Wildman–Crippen MR) is 353 cm³/mol. The van der Waals surface area contributed by atoms with E-state index in [1.807, 2.05) is 0 Å². The minimum atomic E-state index is -0.127. The second-order valence-corrected chi connectivity index (χ2v) is 27.1. The first-order chi connectivity index (χ1) is 38.8. The van der Waals surface area contributed by atoms with E-state index in [0.29, 0.717) is 0 Å². The Kier molecular flexibility index (Phi) is 14.1. The summed E-state index contributed by atoms with van der Waals surface area (Å²) < 4.78 is 0. The van der Waals surface area contributed by atoms with Crippen molar-refractivity contribution < 1.29 is 0 Å². The second-order valence-electron chi connectivity index (χ2n) is 27.1. The first kappa shape index (κ1) is 55.4. The largest absolute Gasteiger partial charge is 0.353 e. The number of aryl methyl sites for hydroxylation is 4. The lowest BCUT2D eigenvalue weighted by Gasteiger charge is -2.27. The monoisotopic (exact) mass is 1080 g/mol. The molecule has 82 heavy (non-hydrogen) atoms. The third-order valence-corrected chi connectivity index (χ3v) is 16.2. The summed E-state index contributed by atoms with van der Waals surface area (Å²) in [5.41, 5.74) is 26.7. The molecule has 6 nitrogen and oxygen atoms in total. The van der Waals surface area contributed by atoms with Crippen LogP contribution in [0.4, 0.5) is 34.1 Å². The quantitative estimate of drug-likeness (QED) is 0.159. The summed E-state index contributed by atoms with van der Waals surface area (Å²) >= 11 is 0. The first-order valence-corrected chi connectivity index (χ1v) is 29.1. The lowest BCUT2D eigenvalue weighted by atomic mass is 9.78. The number of fused-ring (bicyclic) bond motifs is 8. The van der Waals surface area contributed by atoms with Crippen molar-refractivity contribution in [3.05, 3.63) is 225 Å². The standard InChI is InChI=1S/C76H80N6/c1-47-17-25-57(26-18-47)81(58-27-19-48(2)20-28-58)71-65-37-33-61(77-65)69(51-41-53(73(5,6)7)45-54(42-51)74(8,9)10)63-35-39-67(79-63)72(82(59-29-21-49(3)22-30-59)60-31-23-50(4)24-32-60)68-40-36-64(80-68)70(62-34-38-66(71)78-62)52-43-55(75(11,12)13)46-56(44-52)76(14,15)16/h17-46,77,80H,1-16H3. The predicted octanol–water partition coefficient (Wildman–Crippen LogP) is 21.4. The fourth-order valence-electron chi connectivity index (χ4n) is 11.1. The fraction of sp³-hybridized carbons (Fsp3) is 0.263. The highest BCUT2D eigenvalue weighted by Crippen LogP contribution is 2.46. The van der Waals surface area contributed by atoms with E-state index in [4.69, 9.17) is 9.97 Å². The molecular formula is C76H80N6. The summed E-state index contributed by atoms with van der Waals surface area (Å²) in [5, 5.41) is 0. The molecule has 5 heterocycles. The minimum absolute atomic E-state index is 0.127. The number of anilines is 6. The van der Waals surface area contributed by atoms with Crippen molar-refractivity contribution in [3.63, 3.8) is 0 Å². The summed E-state index contributed by atoms with van der Waals surface area (Å²) in [7, 11) is 0. The number of nitrogens with zero attached hydrogens (tertiary/aromatic N) is 4. The highest BCUT2D eigenvalue weighted by atomic mass is 15.2. The van der Waals surface area contributed by atoms with Crippen LogP contribution < -0.4 is 9.80 Å². The molecule has 6 aromatic carbocycles. The molecule has 0 atom stereocenters. The molecule has 0 saturated carbocycles. The maximum absolute atomic E-state index is 5.88. The molecule has 8 bridgehead atoms. The van der Waals surface area contributed by atoms with Gasteiger partial charge in [-0.15, -0.1) is 0 Å². The van der Waals surface area contributed by atoms with Crippen LogP contribution in [-0.2, 0) is 21.7 Å². The van der Waals surface area contributed by atoms with Crippen molar-refractivity contribution in [3.8, 4) is 22.3 Å². The van der Waals surface area contributed by atoms with Gasteiger partial charge in [0.1, 0.15) is 0 Å². The average molecular weight is 1080 g/mol. The smallest absolute Gasteiger partial charge is 0.0957 e. The third-order valence-electron chi connectivity index (χ3n) is 16.2. The van der Waals surface area contributed by atoms with Crippen molar-refractivity contribution in [2.45, 2.75) is 132 Å². The molecule has 9 aromatic rings. The number of benzene rings is 6. The van der Waals surface area contributed by atoms with Gasteiger partial charge in [-0.2, -0.15) is 0 Å². The summed E-state index contributed by atoms with van der Waals surface area (Å²) in [6.45, 7) is 36.3. The van der Waals surface area contributed by atoms with Crippen LogP contribution in [-0.4, -0.2) is 19.9 Å². The van der Waals surface area contributed by atoms with Crippen molar-refractivity contribution in [2.75, 3.05) is 9.80 Å². The van der Waals surface area contributed by atoms with Crippen LogP contribution in [0.15, 0.2) is 158 Å². The first-order valence-electron chi connectivity index (χ1n) is 29.1. The van der Waals surface area contributed by atoms with Crippen LogP contribution in [0.5, 0.6) is 0 Å². The van der Waals surface area contributed by atoms with Gasteiger partial charge in [0.05, 0.1) is 45.2 Å².